The van der Waals surface area contributed by atoms with Gasteiger partial charge < -0.3 is 10.2 Å². The van der Waals surface area contributed by atoms with Gasteiger partial charge in [0, 0.05) is 23.1 Å². The number of nitrogens with zero attached hydrogens (tertiary/aromatic N) is 1. The van der Waals surface area contributed by atoms with E-state index in [-0.39, 0.29) is 18.2 Å². The van der Waals surface area contributed by atoms with E-state index in [0.29, 0.717) is 23.1 Å². The van der Waals surface area contributed by atoms with Gasteiger partial charge in [-0.1, -0.05) is 77.3 Å². The summed E-state index contributed by atoms with van der Waals surface area (Å²) in [6.45, 7) is 4.48. The average molecular weight is 469 g/mol. The van der Waals surface area contributed by atoms with E-state index >= 15 is 0 Å². The minimum absolute atomic E-state index is 0.139. The van der Waals surface area contributed by atoms with Crippen LogP contribution in [0.25, 0.3) is 0 Å². The highest BCUT2D eigenvalue weighted by molar-refractivity contribution is 6.30. The second-order valence-corrected chi connectivity index (χ2v) is 8.70. The molecule has 1 atom stereocenters. The number of benzene rings is 3. The molecule has 0 spiro atoms. The van der Waals surface area contributed by atoms with Crippen molar-refractivity contribution < 1.29 is 9.59 Å². The number of carbonyl (C=O) groups is 2. The fourth-order valence-electron chi connectivity index (χ4n) is 3.29. The molecule has 0 fully saturated rings. The minimum atomic E-state index is -0.643. The molecule has 3 aromatic rings. The molecule has 0 aliphatic carbocycles. The third-order valence-corrected chi connectivity index (χ3v) is 5.79. The van der Waals surface area contributed by atoms with Gasteiger partial charge in [-0.25, -0.2) is 0 Å². The van der Waals surface area contributed by atoms with Crippen molar-refractivity contribution in [3.63, 3.8) is 0 Å². The molecule has 4 nitrogen and oxygen atoms in total. The van der Waals surface area contributed by atoms with Crippen molar-refractivity contribution in [2.75, 3.05) is 0 Å². The first-order valence-corrected chi connectivity index (χ1v) is 11.2. The van der Waals surface area contributed by atoms with Crippen LogP contribution in [0.4, 0.5) is 0 Å². The highest BCUT2D eigenvalue weighted by atomic mass is 35.5. The maximum absolute atomic E-state index is 13.2. The zero-order chi connectivity index (χ0) is 23.1. The molecule has 3 rings (SSSR count). The molecule has 0 saturated carbocycles. The Morgan fingerprint density at radius 1 is 0.812 bits per heavy atom. The van der Waals surface area contributed by atoms with Crippen molar-refractivity contribution in [2.45, 2.75) is 39.4 Å². The lowest BCUT2D eigenvalue weighted by molar-refractivity contribution is -0.140. The Balaban J connectivity index is 1.73. The third-order valence-electron chi connectivity index (χ3n) is 5.29. The fraction of sp³-hybridized carbons (Fsp3) is 0.231. The van der Waals surface area contributed by atoms with Crippen LogP contribution in [-0.2, 0) is 29.1 Å². The smallest absolute Gasteiger partial charge is 0.242 e. The lowest BCUT2D eigenvalue weighted by atomic mass is 10.1. The first kappa shape index (κ1) is 23.8. The monoisotopic (exact) mass is 468 g/mol. The number of halogens is 2. The van der Waals surface area contributed by atoms with Crippen molar-refractivity contribution in [1.82, 2.24) is 10.2 Å². The maximum atomic E-state index is 13.2. The van der Waals surface area contributed by atoms with E-state index < -0.39 is 6.04 Å². The Bertz CT molecular complexity index is 1050. The van der Waals surface area contributed by atoms with Gasteiger partial charge in [-0.05, 0) is 54.8 Å². The van der Waals surface area contributed by atoms with Crippen LogP contribution < -0.4 is 5.32 Å². The number of hydrogen-bond donors (Lipinski definition) is 1. The summed E-state index contributed by atoms with van der Waals surface area (Å²) in [5.41, 5.74) is 3.91. The first-order chi connectivity index (χ1) is 15.3. The summed E-state index contributed by atoms with van der Waals surface area (Å²) in [7, 11) is 0. The molecule has 0 bridgehead atoms. The molecule has 32 heavy (non-hydrogen) atoms. The Morgan fingerprint density at radius 2 is 1.31 bits per heavy atom. The molecule has 0 heterocycles. The van der Waals surface area contributed by atoms with Crippen molar-refractivity contribution in [3.05, 3.63) is 105 Å². The third kappa shape index (κ3) is 6.84. The number of hydrogen-bond acceptors (Lipinski definition) is 2. The van der Waals surface area contributed by atoms with Gasteiger partial charge in [0.15, 0.2) is 0 Å². The van der Waals surface area contributed by atoms with Crippen LogP contribution in [0.1, 0.15) is 29.2 Å². The number of amides is 2. The van der Waals surface area contributed by atoms with Gasteiger partial charge in [0.05, 0.1) is 6.42 Å². The summed E-state index contributed by atoms with van der Waals surface area (Å²) in [5, 5.41) is 4.18. The highest BCUT2D eigenvalue weighted by Crippen LogP contribution is 2.16. The molecule has 166 valence electrons. The summed E-state index contributed by atoms with van der Waals surface area (Å²) in [6, 6.07) is 21.8. The Hall–Kier alpha value is -2.82. The second-order valence-electron chi connectivity index (χ2n) is 7.83. The van der Waals surface area contributed by atoms with E-state index in [1.54, 1.807) is 36.1 Å². The number of aryl methyl sites for hydroxylation is 1. The van der Waals surface area contributed by atoms with Crippen LogP contribution in [-0.4, -0.2) is 22.8 Å². The normalized spacial score (nSPS) is 11.6. The molecule has 0 radical (unpaired) electrons. The lowest BCUT2D eigenvalue weighted by Gasteiger charge is -2.29. The number of carbonyl (C=O) groups excluding carboxylic acids is 2. The van der Waals surface area contributed by atoms with E-state index in [4.69, 9.17) is 23.2 Å². The van der Waals surface area contributed by atoms with Crippen LogP contribution in [0.2, 0.25) is 10.0 Å². The van der Waals surface area contributed by atoms with Crippen LogP contribution in [0.5, 0.6) is 0 Å². The predicted octanol–water partition coefficient (Wildman–Crippen LogP) is 5.58. The van der Waals surface area contributed by atoms with Gasteiger partial charge in [0.1, 0.15) is 6.04 Å². The van der Waals surface area contributed by atoms with Gasteiger partial charge in [0.25, 0.3) is 0 Å². The molecule has 0 aliphatic heterocycles. The topological polar surface area (TPSA) is 49.4 Å². The molecule has 3 aromatic carbocycles. The standard InChI is InChI=1S/C26H26Cl2N2O2/c1-18-3-5-21(6-4-18)16-29-26(32)19(2)30(17-22-9-13-24(28)14-10-22)25(31)15-20-7-11-23(27)12-8-20/h3-14,19H,15-17H2,1-2H3,(H,29,32)/t19-/m0/s1. The lowest BCUT2D eigenvalue weighted by Crippen LogP contribution is -2.47. The average Bonchev–Trinajstić information content (AvgIpc) is 2.79. The molecular weight excluding hydrogens is 443 g/mol. The SMILES string of the molecule is Cc1ccc(CNC(=O)[C@H](C)N(Cc2ccc(Cl)cc2)C(=O)Cc2ccc(Cl)cc2)cc1. The summed E-state index contributed by atoms with van der Waals surface area (Å²) in [4.78, 5) is 27.7. The van der Waals surface area contributed by atoms with Gasteiger partial charge in [-0.2, -0.15) is 0 Å². The first-order valence-electron chi connectivity index (χ1n) is 10.4. The summed E-state index contributed by atoms with van der Waals surface area (Å²) in [6.07, 6.45) is 0.181. The van der Waals surface area contributed by atoms with Crippen molar-refractivity contribution in [2.24, 2.45) is 0 Å². The van der Waals surface area contributed by atoms with E-state index in [0.717, 1.165) is 22.3 Å². The van der Waals surface area contributed by atoms with Crippen molar-refractivity contribution in [1.29, 1.82) is 0 Å². The number of nitrogens with one attached hydrogen (secondary N) is 1. The minimum Gasteiger partial charge on any atom is -0.350 e. The molecule has 2 amide bonds. The summed E-state index contributed by atoms with van der Waals surface area (Å²) >= 11 is 12.0. The van der Waals surface area contributed by atoms with E-state index in [1.807, 2.05) is 55.5 Å². The van der Waals surface area contributed by atoms with Crippen molar-refractivity contribution in [3.8, 4) is 0 Å². The van der Waals surface area contributed by atoms with E-state index in [2.05, 4.69) is 5.32 Å². The fourth-order valence-corrected chi connectivity index (χ4v) is 3.54. The van der Waals surface area contributed by atoms with Gasteiger partial charge in [0.2, 0.25) is 11.8 Å². The Labute approximate surface area is 199 Å². The second kappa shape index (κ2) is 11.2. The maximum Gasteiger partial charge on any atom is 0.242 e. The molecule has 0 saturated heterocycles. The largest absolute Gasteiger partial charge is 0.350 e. The van der Waals surface area contributed by atoms with Crippen LogP contribution in [0.15, 0.2) is 72.8 Å². The summed E-state index contributed by atoms with van der Waals surface area (Å²) < 4.78 is 0. The molecule has 0 aliphatic rings. The van der Waals surface area contributed by atoms with Crippen molar-refractivity contribution >= 4 is 35.0 Å². The molecule has 0 unspecified atom stereocenters. The van der Waals surface area contributed by atoms with Crippen LogP contribution in [0, 0.1) is 6.92 Å². The zero-order valence-corrected chi connectivity index (χ0v) is 19.7. The highest BCUT2D eigenvalue weighted by Gasteiger charge is 2.26. The molecule has 1 N–H and O–H groups in total. The Morgan fingerprint density at radius 3 is 1.88 bits per heavy atom. The quantitative estimate of drug-likeness (QED) is 0.469. The van der Waals surface area contributed by atoms with Gasteiger partial charge >= 0.3 is 0 Å². The van der Waals surface area contributed by atoms with E-state index in [1.165, 1.54) is 0 Å². The predicted molar refractivity (Wildman–Crippen MR) is 130 cm³/mol. The van der Waals surface area contributed by atoms with Crippen LogP contribution >= 0.6 is 23.2 Å². The van der Waals surface area contributed by atoms with Gasteiger partial charge in [-0.3, -0.25) is 9.59 Å². The number of rotatable bonds is 8. The van der Waals surface area contributed by atoms with Crippen LogP contribution in [0.3, 0.4) is 0 Å². The molecular formula is C26H26Cl2N2O2. The Kier molecular flexibility index (Phi) is 8.32. The molecule has 6 heteroatoms. The van der Waals surface area contributed by atoms with E-state index in [9.17, 15) is 9.59 Å². The molecule has 0 aromatic heterocycles. The van der Waals surface area contributed by atoms with Gasteiger partial charge in [-0.15, -0.1) is 0 Å². The summed E-state index contributed by atoms with van der Waals surface area (Å²) in [5.74, 6) is -0.343. The zero-order valence-electron chi connectivity index (χ0n) is 18.1.